The molecule has 2 aromatic rings. The van der Waals surface area contributed by atoms with E-state index in [1.165, 1.54) is 9.80 Å². The molecule has 2 heterocycles. The van der Waals surface area contributed by atoms with E-state index in [9.17, 15) is 19.2 Å². The van der Waals surface area contributed by atoms with Crippen LogP contribution in [0.4, 0.5) is 5.69 Å². The molecule has 2 aliphatic heterocycles. The van der Waals surface area contributed by atoms with Crippen LogP contribution in [0.5, 0.6) is 5.75 Å². The van der Waals surface area contributed by atoms with Gasteiger partial charge in [0.2, 0.25) is 23.6 Å². The van der Waals surface area contributed by atoms with Crippen molar-refractivity contribution in [1.82, 2.24) is 4.90 Å². The Bertz CT molecular complexity index is 1390. The number of rotatable bonds is 7. The zero-order chi connectivity index (χ0) is 28.2. The van der Waals surface area contributed by atoms with Crippen LogP contribution in [0, 0.1) is 29.1 Å². The summed E-state index contributed by atoms with van der Waals surface area (Å²) in [5.74, 6) is -2.53. The first-order chi connectivity index (χ1) is 19.3. The Balaban J connectivity index is 1.47. The normalized spacial score (nSPS) is 31.2. The van der Waals surface area contributed by atoms with Crippen LogP contribution in [0.25, 0.3) is 0 Å². The van der Waals surface area contributed by atoms with E-state index in [4.69, 9.17) is 9.84 Å². The van der Waals surface area contributed by atoms with Gasteiger partial charge in [0, 0.05) is 12.5 Å². The molecule has 4 amide bonds. The van der Waals surface area contributed by atoms with Gasteiger partial charge in [-0.3, -0.25) is 24.1 Å². The minimum absolute atomic E-state index is 0.102. The standard InChI is InChI=1S/C32H34N2O6/c1-3-15-33-28(36)23-14-13-22-24(26(23)30(33)38)18-25-29(37)34(20-7-5-4-6-8-20)31(39)32(25,2)27(22)19-9-11-21(12-10-19)40-17-16-35/h4-13,23-27,35H,3,14-18H2,1-2H3/t23-,24+,25-,26-,27-,32+/m0/s1. The largest absolute Gasteiger partial charge is 0.491 e. The van der Waals surface area contributed by atoms with Crippen molar-refractivity contribution in [2.24, 2.45) is 29.1 Å². The number of nitrogens with zero attached hydrogens (tertiary/aromatic N) is 2. The first-order valence-electron chi connectivity index (χ1n) is 14.1. The van der Waals surface area contributed by atoms with Crippen molar-refractivity contribution in [3.63, 3.8) is 0 Å². The number of allylic oxidation sites excluding steroid dienone is 2. The van der Waals surface area contributed by atoms with E-state index >= 15 is 0 Å². The van der Waals surface area contributed by atoms with E-state index in [-0.39, 0.29) is 42.8 Å². The third kappa shape index (κ3) is 3.76. The monoisotopic (exact) mass is 542 g/mol. The van der Waals surface area contributed by atoms with Gasteiger partial charge in [-0.05, 0) is 61.9 Å². The summed E-state index contributed by atoms with van der Waals surface area (Å²) in [5.41, 5.74) is 1.30. The number of benzene rings is 2. The van der Waals surface area contributed by atoms with Crippen LogP contribution in [0.1, 0.15) is 44.6 Å². The lowest BCUT2D eigenvalue weighted by Crippen LogP contribution is -2.48. The average molecular weight is 543 g/mol. The highest BCUT2D eigenvalue weighted by Crippen LogP contribution is 2.63. The van der Waals surface area contributed by atoms with Crippen molar-refractivity contribution in [3.8, 4) is 5.75 Å². The molecular weight excluding hydrogens is 508 g/mol. The quantitative estimate of drug-likeness (QED) is 0.423. The summed E-state index contributed by atoms with van der Waals surface area (Å²) < 4.78 is 5.56. The lowest BCUT2D eigenvalue weighted by molar-refractivity contribution is -0.140. The molecule has 1 saturated carbocycles. The van der Waals surface area contributed by atoms with Crippen LogP contribution in [0.3, 0.4) is 0 Å². The SMILES string of the molecule is CCCN1C(=O)[C@H]2[C@H](CC=C3[C@H]2C[C@H]2C(=O)N(c4ccccc4)C(=O)[C@@]2(C)[C@H]3c2ccc(OCCO)cc2)C1=O. The van der Waals surface area contributed by atoms with Crippen molar-refractivity contribution in [3.05, 3.63) is 71.8 Å². The highest BCUT2D eigenvalue weighted by Gasteiger charge is 2.67. The fourth-order valence-electron chi connectivity index (χ4n) is 7.65. The van der Waals surface area contributed by atoms with E-state index in [1.807, 2.05) is 44.2 Å². The van der Waals surface area contributed by atoms with E-state index in [1.54, 1.807) is 24.3 Å². The van der Waals surface area contributed by atoms with Crippen molar-refractivity contribution >= 4 is 29.3 Å². The molecule has 8 nitrogen and oxygen atoms in total. The maximum atomic E-state index is 14.3. The van der Waals surface area contributed by atoms with E-state index in [0.29, 0.717) is 37.2 Å². The smallest absolute Gasteiger partial charge is 0.241 e. The summed E-state index contributed by atoms with van der Waals surface area (Å²) in [6.07, 6.45) is 3.55. The van der Waals surface area contributed by atoms with E-state index in [2.05, 4.69) is 6.08 Å². The van der Waals surface area contributed by atoms with Gasteiger partial charge in [-0.1, -0.05) is 48.9 Å². The minimum Gasteiger partial charge on any atom is -0.491 e. The molecule has 0 radical (unpaired) electrons. The lowest BCUT2D eigenvalue weighted by Gasteiger charge is -2.49. The molecule has 2 aliphatic carbocycles. The van der Waals surface area contributed by atoms with Crippen LogP contribution in [0.2, 0.25) is 0 Å². The molecule has 0 aromatic heterocycles. The lowest BCUT2D eigenvalue weighted by atomic mass is 9.51. The summed E-state index contributed by atoms with van der Waals surface area (Å²) in [6, 6.07) is 16.4. The molecule has 4 aliphatic rings. The molecule has 2 saturated heterocycles. The predicted octanol–water partition coefficient (Wildman–Crippen LogP) is 3.70. The molecule has 1 N–H and O–H groups in total. The van der Waals surface area contributed by atoms with Gasteiger partial charge in [-0.15, -0.1) is 0 Å². The Labute approximate surface area is 233 Å². The number of aliphatic hydroxyl groups is 1. The van der Waals surface area contributed by atoms with Crippen molar-refractivity contribution in [2.75, 3.05) is 24.7 Å². The molecule has 2 aromatic carbocycles. The maximum Gasteiger partial charge on any atom is 0.241 e. The highest BCUT2D eigenvalue weighted by atomic mass is 16.5. The Morgan fingerprint density at radius 3 is 2.35 bits per heavy atom. The highest BCUT2D eigenvalue weighted by molar-refractivity contribution is 6.24. The summed E-state index contributed by atoms with van der Waals surface area (Å²) in [5, 5.41) is 9.13. The summed E-state index contributed by atoms with van der Waals surface area (Å²) in [4.78, 5) is 58.0. The zero-order valence-corrected chi connectivity index (χ0v) is 22.8. The third-order valence-corrected chi connectivity index (χ3v) is 9.40. The molecule has 0 bridgehead atoms. The Kier molecular flexibility index (Phi) is 6.61. The predicted molar refractivity (Wildman–Crippen MR) is 147 cm³/mol. The molecular formula is C32H34N2O6. The maximum absolute atomic E-state index is 14.3. The molecule has 0 spiro atoms. The third-order valence-electron chi connectivity index (χ3n) is 9.40. The van der Waals surface area contributed by atoms with E-state index in [0.717, 1.165) is 11.1 Å². The van der Waals surface area contributed by atoms with Crippen molar-refractivity contribution in [2.45, 2.75) is 39.0 Å². The van der Waals surface area contributed by atoms with E-state index < -0.39 is 29.1 Å². The summed E-state index contributed by atoms with van der Waals surface area (Å²) >= 11 is 0. The zero-order valence-electron chi connectivity index (χ0n) is 22.8. The number of fused-ring (bicyclic) bond motifs is 4. The number of carbonyl (C=O) groups is 4. The van der Waals surface area contributed by atoms with Gasteiger partial charge in [0.05, 0.1) is 35.5 Å². The Morgan fingerprint density at radius 2 is 1.68 bits per heavy atom. The number of ether oxygens (including phenoxy) is 1. The van der Waals surface area contributed by atoms with Gasteiger partial charge in [0.15, 0.2) is 0 Å². The number of hydrogen-bond donors (Lipinski definition) is 1. The number of amides is 4. The van der Waals surface area contributed by atoms with Gasteiger partial charge in [0.25, 0.3) is 0 Å². The van der Waals surface area contributed by atoms with Crippen molar-refractivity contribution in [1.29, 1.82) is 0 Å². The molecule has 0 unspecified atom stereocenters. The Morgan fingerprint density at radius 1 is 0.950 bits per heavy atom. The molecule has 8 heteroatoms. The first-order valence-corrected chi connectivity index (χ1v) is 14.1. The molecule has 3 fully saturated rings. The van der Waals surface area contributed by atoms with Gasteiger partial charge in [0.1, 0.15) is 12.4 Å². The van der Waals surface area contributed by atoms with Gasteiger partial charge in [-0.25, -0.2) is 4.90 Å². The summed E-state index contributed by atoms with van der Waals surface area (Å²) in [6.45, 7) is 4.29. The first kappa shape index (κ1) is 26.4. The number of hydrogen-bond acceptors (Lipinski definition) is 6. The second-order valence-corrected chi connectivity index (χ2v) is 11.5. The van der Waals surface area contributed by atoms with Crippen LogP contribution in [-0.2, 0) is 19.2 Å². The number of para-hydroxylation sites is 1. The van der Waals surface area contributed by atoms with Gasteiger partial charge >= 0.3 is 0 Å². The minimum atomic E-state index is -1.07. The molecule has 208 valence electrons. The second kappa shape index (κ2) is 10.0. The molecule has 6 rings (SSSR count). The van der Waals surface area contributed by atoms with Crippen LogP contribution in [0.15, 0.2) is 66.2 Å². The topological polar surface area (TPSA) is 104 Å². The van der Waals surface area contributed by atoms with Crippen LogP contribution in [-0.4, -0.2) is 53.4 Å². The summed E-state index contributed by atoms with van der Waals surface area (Å²) in [7, 11) is 0. The van der Waals surface area contributed by atoms with Crippen LogP contribution < -0.4 is 9.64 Å². The number of carbonyl (C=O) groups excluding carboxylic acids is 4. The van der Waals surface area contributed by atoms with Crippen LogP contribution >= 0.6 is 0 Å². The fourth-order valence-corrected chi connectivity index (χ4v) is 7.65. The number of imide groups is 2. The van der Waals surface area contributed by atoms with Gasteiger partial charge in [-0.2, -0.15) is 0 Å². The fraction of sp³-hybridized carbons (Fsp3) is 0.438. The Hall–Kier alpha value is -3.78. The molecule has 6 atom stereocenters. The molecule has 40 heavy (non-hydrogen) atoms. The van der Waals surface area contributed by atoms with Crippen molar-refractivity contribution < 1.29 is 29.0 Å². The number of likely N-dealkylation sites (tertiary alicyclic amines) is 1. The number of aliphatic hydroxyl groups excluding tert-OH is 1. The second-order valence-electron chi connectivity index (χ2n) is 11.5. The van der Waals surface area contributed by atoms with Gasteiger partial charge < -0.3 is 9.84 Å². The number of anilines is 1. The average Bonchev–Trinajstić information content (AvgIpc) is 3.32.